The van der Waals surface area contributed by atoms with E-state index in [-0.39, 0.29) is 29.7 Å². The Labute approximate surface area is 210 Å². The monoisotopic (exact) mass is 549 g/mol. The van der Waals surface area contributed by atoms with Crippen LogP contribution in [0, 0.1) is 11.8 Å². The van der Waals surface area contributed by atoms with Crippen LogP contribution in [0.5, 0.6) is 5.75 Å². The van der Waals surface area contributed by atoms with E-state index in [4.69, 9.17) is 5.73 Å². The van der Waals surface area contributed by atoms with E-state index in [1.165, 1.54) is 4.90 Å². The van der Waals surface area contributed by atoms with E-state index < -0.39 is 58.0 Å². The van der Waals surface area contributed by atoms with Gasteiger partial charge in [0, 0.05) is 28.1 Å². The number of likely N-dealkylation sites (N-methyl/N-ethyl adjacent to an activating group) is 1. The molecule has 0 aliphatic heterocycles. The maximum Gasteiger partial charge on any atom is 0.255 e. The summed E-state index contributed by atoms with van der Waals surface area (Å²) in [5.41, 5.74) is 2.88. The normalized spacial score (nSPS) is 28.4. The van der Waals surface area contributed by atoms with Gasteiger partial charge >= 0.3 is 0 Å². The van der Waals surface area contributed by atoms with Gasteiger partial charge in [0.1, 0.15) is 22.8 Å². The van der Waals surface area contributed by atoms with Gasteiger partial charge in [0.25, 0.3) is 5.91 Å². The first-order valence-electron chi connectivity index (χ1n) is 11.1. The number of carbonyl (C=O) groups is 3. The molecule has 1 amide bonds. The predicted octanol–water partition coefficient (Wildman–Crippen LogP) is 0.788. The summed E-state index contributed by atoms with van der Waals surface area (Å²) in [4.78, 5) is 42.2. The molecule has 10 nitrogen and oxygen atoms in total. The van der Waals surface area contributed by atoms with Crippen molar-refractivity contribution in [1.29, 1.82) is 0 Å². The Morgan fingerprint density at radius 3 is 2.37 bits per heavy atom. The van der Waals surface area contributed by atoms with E-state index in [1.54, 1.807) is 20.2 Å². The number of aliphatic hydroxyl groups excluding tert-OH is 2. The summed E-state index contributed by atoms with van der Waals surface area (Å²) in [7, 11) is 6.76. The van der Waals surface area contributed by atoms with E-state index >= 15 is 0 Å². The molecule has 0 bridgehead atoms. The van der Waals surface area contributed by atoms with Crippen molar-refractivity contribution in [1.82, 2.24) is 9.80 Å². The fraction of sp³-hybridized carbons (Fsp3) is 0.458. The van der Waals surface area contributed by atoms with Gasteiger partial charge in [0.2, 0.25) is 5.78 Å². The molecule has 1 aromatic carbocycles. The molecular weight excluding hydrogens is 522 g/mol. The minimum absolute atomic E-state index is 0.0540. The van der Waals surface area contributed by atoms with Crippen molar-refractivity contribution in [3.05, 3.63) is 44.1 Å². The predicted molar refractivity (Wildman–Crippen MR) is 129 cm³/mol. The number of nitrogens with zero attached hydrogens (tertiary/aromatic N) is 2. The highest BCUT2D eigenvalue weighted by Gasteiger charge is 2.64. The largest absolute Gasteiger partial charge is 0.508 e. The minimum Gasteiger partial charge on any atom is -0.508 e. The van der Waals surface area contributed by atoms with Gasteiger partial charge < -0.3 is 31.1 Å². The summed E-state index contributed by atoms with van der Waals surface area (Å²) in [6.45, 7) is 0.363. The molecule has 0 saturated heterocycles. The number of amides is 1. The van der Waals surface area contributed by atoms with E-state index in [0.29, 0.717) is 22.1 Å². The Bertz CT molecular complexity index is 1240. The summed E-state index contributed by atoms with van der Waals surface area (Å²) in [5, 5.41) is 44.7. The zero-order valence-electron chi connectivity index (χ0n) is 19.8. The number of Topliss-reactive ketones (excluding diaryl/α,β-unsaturated/α-hetero) is 2. The molecule has 3 aliphatic carbocycles. The second kappa shape index (κ2) is 8.44. The molecular formula is C24H28BrN3O7. The Balaban J connectivity index is 1.97. The number of aromatic hydroxyl groups is 1. The molecule has 188 valence electrons. The lowest BCUT2D eigenvalue weighted by Gasteiger charge is -2.50. The highest BCUT2D eigenvalue weighted by atomic mass is 79.9. The third-order valence-corrected chi connectivity index (χ3v) is 7.94. The molecule has 0 heterocycles. The Kier molecular flexibility index (Phi) is 6.12. The van der Waals surface area contributed by atoms with Gasteiger partial charge in [0.05, 0.1) is 11.6 Å². The molecule has 1 fully saturated rings. The Morgan fingerprint density at radius 2 is 1.83 bits per heavy atom. The fourth-order valence-corrected chi connectivity index (χ4v) is 6.42. The van der Waals surface area contributed by atoms with Gasteiger partial charge in [-0.15, -0.1) is 0 Å². The van der Waals surface area contributed by atoms with Gasteiger partial charge in [-0.05, 0) is 58.6 Å². The number of fused-ring (bicyclic) bond motifs is 3. The first kappa shape index (κ1) is 25.4. The molecule has 4 atom stereocenters. The van der Waals surface area contributed by atoms with Crippen molar-refractivity contribution in [3.63, 3.8) is 0 Å². The molecule has 6 N–H and O–H groups in total. The first-order chi connectivity index (χ1) is 16.2. The molecule has 4 rings (SSSR count). The van der Waals surface area contributed by atoms with Crippen LogP contribution in [-0.2, 0) is 27.3 Å². The van der Waals surface area contributed by atoms with Crippen LogP contribution in [0.3, 0.4) is 0 Å². The fourth-order valence-electron chi connectivity index (χ4n) is 5.78. The van der Waals surface area contributed by atoms with E-state index in [9.17, 15) is 34.8 Å². The molecule has 0 spiro atoms. The van der Waals surface area contributed by atoms with Crippen molar-refractivity contribution in [3.8, 4) is 5.75 Å². The maximum absolute atomic E-state index is 13.8. The zero-order valence-corrected chi connectivity index (χ0v) is 21.4. The molecule has 0 aromatic heterocycles. The van der Waals surface area contributed by atoms with Gasteiger partial charge in [-0.3, -0.25) is 19.3 Å². The number of halogens is 1. The summed E-state index contributed by atoms with van der Waals surface area (Å²) in [6.07, 6.45) is 0.295. The lowest BCUT2D eigenvalue weighted by atomic mass is 9.57. The van der Waals surface area contributed by atoms with Crippen molar-refractivity contribution < 1.29 is 34.8 Å². The number of hydrogen-bond acceptors (Lipinski definition) is 9. The number of ketones is 2. The smallest absolute Gasteiger partial charge is 0.255 e. The minimum atomic E-state index is -2.64. The Morgan fingerprint density at radius 1 is 1.20 bits per heavy atom. The van der Waals surface area contributed by atoms with Crippen molar-refractivity contribution >= 4 is 39.2 Å². The second-order valence-electron chi connectivity index (χ2n) is 9.92. The van der Waals surface area contributed by atoms with Crippen molar-refractivity contribution in [2.75, 3.05) is 28.2 Å². The molecule has 11 heteroatoms. The highest BCUT2D eigenvalue weighted by Crippen LogP contribution is 2.53. The lowest BCUT2D eigenvalue weighted by Crippen LogP contribution is -2.65. The van der Waals surface area contributed by atoms with Crippen molar-refractivity contribution in [2.45, 2.75) is 31.0 Å². The van der Waals surface area contributed by atoms with Crippen LogP contribution in [0.2, 0.25) is 0 Å². The maximum atomic E-state index is 13.8. The molecule has 35 heavy (non-hydrogen) atoms. The van der Waals surface area contributed by atoms with Crippen LogP contribution >= 0.6 is 15.9 Å². The number of nitrogens with two attached hydrogens (primary N) is 1. The van der Waals surface area contributed by atoms with Gasteiger partial charge in [-0.2, -0.15) is 0 Å². The highest BCUT2D eigenvalue weighted by molar-refractivity contribution is 9.10. The van der Waals surface area contributed by atoms with E-state index in [0.717, 1.165) is 0 Å². The van der Waals surface area contributed by atoms with E-state index in [2.05, 4.69) is 15.9 Å². The number of aliphatic hydroxyl groups is 3. The number of carbonyl (C=O) groups excluding carboxylic acids is 3. The van der Waals surface area contributed by atoms with Gasteiger partial charge in [-0.25, -0.2) is 0 Å². The zero-order chi connectivity index (χ0) is 26.1. The van der Waals surface area contributed by atoms with Gasteiger partial charge in [0.15, 0.2) is 11.4 Å². The van der Waals surface area contributed by atoms with Crippen LogP contribution in [0.25, 0.3) is 5.76 Å². The molecule has 1 aromatic rings. The summed E-state index contributed by atoms with van der Waals surface area (Å²) in [6, 6.07) is 0.653. The number of phenolic OH excluding ortho intramolecular Hbond substituents is 1. The SMILES string of the molecule is CN(C)Cc1cc(Br)c2c(c1O)C(O)=C1C(=O)[C@]3(O)C(O)=C(C(N)=O)C(=O)[C@@H](N(C)C)[C@@H]3C[C@@H]1C2. The number of primary amides is 1. The topological polar surface area (TPSA) is 165 Å². The van der Waals surface area contributed by atoms with Gasteiger partial charge in [-0.1, -0.05) is 15.9 Å². The number of hydrogen-bond donors (Lipinski definition) is 5. The summed E-state index contributed by atoms with van der Waals surface area (Å²) < 4.78 is 0.642. The third kappa shape index (κ3) is 3.52. The number of benzene rings is 1. The first-order valence-corrected chi connectivity index (χ1v) is 11.8. The van der Waals surface area contributed by atoms with Crippen LogP contribution < -0.4 is 5.73 Å². The average molecular weight is 550 g/mol. The lowest BCUT2D eigenvalue weighted by molar-refractivity contribution is -0.153. The van der Waals surface area contributed by atoms with Crippen LogP contribution in [0.15, 0.2) is 27.4 Å². The molecule has 0 radical (unpaired) electrons. The van der Waals surface area contributed by atoms with Crippen LogP contribution in [-0.4, -0.2) is 87.5 Å². The number of phenols is 1. The van der Waals surface area contributed by atoms with Crippen LogP contribution in [0.1, 0.15) is 23.1 Å². The van der Waals surface area contributed by atoms with Crippen molar-refractivity contribution in [2.24, 2.45) is 17.6 Å². The standard InChI is InChI=1S/C24H28BrN3O7/c1-27(2)8-10-7-13(25)11-5-9-6-12-17(28(3)4)20(31)16(23(26)34)22(33)24(12,35)21(32)14(9)19(30)15(11)18(10)29/h7,9,12,17,29-30,33,35H,5-6,8H2,1-4H3,(H2,26,34)/t9-,12-,17-,24-/m0/s1. The van der Waals surface area contributed by atoms with E-state index in [1.807, 2.05) is 19.0 Å². The second-order valence-corrected chi connectivity index (χ2v) is 10.8. The molecule has 0 unspecified atom stereocenters. The molecule has 3 aliphatic rings. The third-order valence-electron chi connectivity index (χ3n) is 7.23. The molecule has 1 saturated carbocycles. The Hall–Kier alpha value is -2.73. The number of rotatable bonds is 4. The quantitative estimate of drug-likeness (QED) is 0.341. The average Bonchev–Trinajstić information content (AvgIpc) is 2.73. The summed E-state index contributed by atoms with van der Waals surface area (Å²) in [5.74, 6) is -6.54. The summed E-state index contributed by atoms with van der Waals surface area (Å²) >= 11 is 3.51. The van der Waals surface area contributed by atoms with Crippen LogP contribution in [0.4, 0.5) is 0 Å².